The van der Waals surface area contributed by atoms with E-state index in [0.29, 0.717) is 11.1 Å². The van der Waals surface area contributed by atoms with Gasteiger partial charge < -0.3 is 14.6 Å². The molecule has 0 fully saturated rings. The van der Waals surface area contributed by atoms with Crippen molar-refractivity contribution in [1.29, 1.82) is 0 Å². The molecule has 1 unspecified atom stereocenters. The topological polar surface area (TPSA) is 69.0 Å². The number of carbonyl (C=O) groups is 1. The molecule has 1 aromatic heterocycles. The van der Waals surface area contributed by atoms with Gasteiger partial charge in [0.15, 0.2) is 17.1 Å². The number of hydrogen-bond acceptors (Lipinski definition) is 5. The first-order valence-corrected chi connectivity index (χ1v) is 12.4. The molecule has 33 heavy (non-hydrogen) atoms. The Morgan fingerprint density at radius 2 is 1.70 bits per heavy atom. The summed E-state index contributed by atoms with van der Waals surface area (Å²) in [5, 5.41) is 12.4. The highest BCUT2D eigenvalue weighted by Gasteiger charge is 2.22. The van der Waals surface area contributed by atoms with Gasteiger partial charge in [0.1, 0.15) is 5.75 Å². The summed E-state index contributed by atoms with van der Waals surface area (Å²) in [5.74, 6) is 2.20. The minimum absolute atomic E-state index is 0.0716. The van der Waals surface area contributed by atoms with E-state index in [2.05, 4.69) is 62.3 Å². The number of rotatable bonds is 9. The zero-order chi connectivity index (χ0) is 24.1. The second-order valence-corrected chi connectivity index (χ2v) is 9.87. The average Bonchev–Trinajstić information content (AvgIpc) is 3.20. The minimum atomic E-state index is -0.275. The number of aromatic nitrogens is 3. The molecule has 0 aliphatic heterocycles. The number of carbonyl (C=O) groups excluding carboxylic acids is 1. The van der Waals surface area contributed by atoms with Gasteiger partial charge in [-0.2, -0.15) is 0 Å². The molecule has 3 aromatic rings. The lowest BCUT2D eigenvalue weighted by Crippen LogP contribution is -2.16. The molecule has 1 N–H and O–H groups in total. The van der Waals surface area contributed by atoms with Crippen LogP contribution in [0.25, 0.3) is 0 Å². The SMILES string of the molecule is Cc1ccc(NC(=O)CSc2nnc(C(C)Oc3ccc(C(C)C)cc3)n2C(C)C)cc1C. The zero-order valence-corrected chi connectivity index (χ0v) is 21.4. The fourth-order valence-electron chi connectivity index (χ4n) is 3.48. The number of thioether (sulfide) groups is 1. The van der Waals surface area contributed by atoms with Gasteiger partial charge in [0.2, 0.25) is 5.91 Å². The van der Waals surface area contributed by atoms with E-state index in [1.165, 1.54) is 22.9 Å². The van der Waals surface area contributed by atoms with Crippen molar-refractivity contribution in [3.8, 4) is 5.75 Å². The van der Waals surface area contributed by atoms with Gasteiger partial charge in [0.25, 0.3) is 0 Å². The summed E-state index contributed by atoms with van der Waals surface area (Å²) < 4.78 is 8.20. The quantitative estimate of drug-likeness (QED) is 0.366. The predicted molar refractivity (Wildman–Crippen MR) is 135 cm³/mol. The van der Waals surface area contributed by atoms with Crippen molar-refractivity contribution in [2.45, 2.75) is 71.7 Å². The maximum absolute atomic E-state index is 12.5. The summed E-state index contributed by atoms with van der Waals surface area (Å²) >= 11 is 1.38. The van der Waals surface area contributed by atoms with Crippen LogP contribution in [-0.2, 0) is 4.79 Å². The molecule has 0 bridgehead atoms. The largest absolute Gasteiger partial charge is 0.483 e. The molecule has 1 atom stereocenters. The molecule has 0 saturated carbocycles. The Hall–Kier alpha value is -2.80. The van der Waals surface area contributed by atoms with Gasteiger partial charge in [-0.15, -0.1) is 10.2 Å². The van der Waals surface area contributed by atoms with E-state index >= 15 is 0 Å². The number of benzene rings is 2. The Kier molecular flexibility index (Phi) is 8.19. The lowest BCUT2D eigenvalue weighted by Gasteiger charge is -2.19. The van der Waals surface area contributed by atoms with Crippen LogP contribution in [-0.4, -0.2) is 26.4 Å². The first-order valence-electron chi connectivity index (χ1n) is 11.4. The number of amides is 1. The summed E-state index contributed by atoms with van der Waals surface area (Å²) in [7, 11) is 0. The summed E-state index contributed by atoms with van der Waals surface area (Å²) in [6.45, 7) is 14.6. The molecule has 1 heterocycles. The third-order valence-corrected chi connectivity index (χ3v) is 6.50. The molecule has 6 nitrogen and oxygen atoms in total. The third kappa shape index (κ3) is 6.38. The van der Waals surface area contributed by atoms with E-state index in [4.69, 9.17) is 4.74 Å². The fourth-order valence-corrected chi connectivity index (χ4v) is 4.36. The zero-order valence-electron chi connectivity index (χ0n) is 20.5. The Morgan fingerprint density at radius 1 is 1.00 bits per heavy atom. The summed E-state index contributed by atoms with van der Waals surface area (Å²) in [4.78, 5) is 12.5. The molecule has 176 valence electrons. The van der Waals surface area contributed by atoms with Gasteiger partial charge >= 0.3 is 0 Å². The maximum atomic E-state index is 12.5. The highest BCUT2D eigenvalue weighted by molar-refractivity contribution is 7.99. The van der Waals surface area contributed by atoms with Crippen molar-refractivity contribution in [3.63, 3.8) is 0 Å². The molecular weight excluding hydrogens is 432 g/mol. The lowest BCUT2D eigenvalue weighted by atomic mass is 10.0. The molecule has 3 rings (SSSR count). The molecule has 2 aromatic carbocycles. The number of anilines is 1. The van der Waals surface area contributed by atoms with Gasteiger partial charge in [0, 0.05) is 11.7 Å². The van der Waals surface area contributed by atoms with Crippen LogP contribution in [0.3, 0.4) is 0 Å². The number of nitrogens with zero attached hydrogens (tertiary/aromatic N) is 3. The van der Waals surface area contributed by atoms with E-state index in [0.717, 1.165) is 22.8 Å². The normalized spacial score (nSPS) is 12.3. The standard InChI is InChI=1S/C26H34N4O2S/c1-16(2)21-9-12-23(13-10-21)32-20(7)25-28-29-26(30(25)17(3)4)33-15-24(31)27-22-11-8-18(5)19(6)14-22/h8-14,16-17,20H,15H2,1-7H3,(H,27,31). The van der Waals surface area contributed by atoms with Gasteiger partial charge in [-0.25, -0.2) is 0 Å². The van der Waals surface area contributed by atoms with E-state index in [1.54, 1.807) is 0 Å². The minimum Gasteiger partial charge on any atom is -0.483 e. The van der Waals surface area contributed by atoms with Crippen LogP contribution in [0, 0.1) is 13.8 Å². The van der Waals surface area contributed by atoms with E-state index in [1.807, 2.05) is 48.7 Å². The van der Waals surface area contributed by atoms with Gasteiger partial charge in [-0.1, -0.05) is 43.8 Å². The van der Waals surface area contributed by atoms with Gasteiger partial charge in [0.05, 0.1) is 5.75 Å². The van der Waals surface area contributed by atoms with Crippen LogP contribution >= 0.6 is 11.8 Å². The molecule has 7 heteroatoms. The van der Waals surface area contributed by atoms with Crippen molar-refractivity contribution in [2.24, 2.45) is 0 Å². The van der Waals surface area contributed by atoms with Crippen LogP contribution in [0.15, 0.2) is 47.6 Å². The smallest absolute Gasteiger partial charge is 0.234 e. The first-order chi connectivity index (χ1) is 15.7. The van der Waals surface area contributed by atoms with Crippen molar-refractivity contribution >= 4 is 23.4 Å². The van der Waals surface area contributed by atoms with Crippen LogP contribution in [0.1, 0.15) is 75.2 Å². The Labute approximate surface area is 201 Å². The second-order valence-electron chi connectivity index (χ2n) is 8.92. The van der Waals surface area contributed by atoms with E-state index in [9.17, 15) is 4.79 Å². The van der Waals surface area contributed by atoms with Crippen molar-refractivity contribution in [1.82, 2.24) is 14.8 Å². The first kappa shape index (κ1) is 24.8. The third-order valence-electron chi connectivity index (χ3n) is 5.55. The molecule has 0 radical (unpaired) electrons. The number of nitrogens with one attached hydrogen (secondary N) is 1. The second kappa shape index (κ2) is 10.9. The van der Waals surface area contributed by atoms with Crippen LogP contribution in [0.5, 0.6) is 5.75 Å². The number of hydrogen-bond donors (Lipinski definition) is 1. The van der Waals surface area contributed by atoms with E-state index in [-0.39, 0.29) is 23.8 Å². The Balaban J connectivity index is 1.66. The van der Waals surface area contributed by atoms with Gasteiger partial charge in [-0.3, -0.25) is 4.79 Å². The summed E-state index contributed by atoms with van der Waals surface area (Å²) in [6.07, 6.45) is -0.275. The summed E-state index contributed by atoms with van der Waals surface area (Å²) in [5.41, 5.74) is 4.43. The van der Waals surface area contributed by atoms with E-state index < -0.39 is 0 Å². The fraction of sp³-hybridized carbons (Fsp3) is 0.423. The molecule has 0 saturated heterocycles. The van der Waals surface area contributed by atoms with Crippen LogP contribution in [0.2, 0.25) is 0 Å². The number of aryl methyl sites for hydroxylation is 2. The average molecular weight is 467 g/mol. The molecule has 0 aliphatic carbocycles. The molecular formula is C26H34N4O2S. The maximum Gasteiger partial charge on any atom is 0.234 e. The molecule has 0 aliphatic rings. The predicted octanol–water partition coefficient (Wildman–Crippen LogP) is 6.47. The molecule has 1 amide bonds. The molecule has 0 spiro atoms. The van der Waals surface area contributed by atoms with Gasteiger partial charge in [-0.05, 0) is 81.5 Å². The highest BCUT2D eigenvalue weighted by Crippen LogP contribution is 2.28. The highest BCUT2D eigenvalue weighted by atomic mass is 32.2. The van der Waals surface area contributed by atoms with Crippen molar-refractivity contribution in [2.75, 3.05) is 11.1 Å². The Bertz CT molecular complexity index is 1090. The number of ether oxygens (including phenoxy) is 1. The monoisotopic (exact) mass is 466 g/mol. The summed E-state index contributed by atoms with van der Waals surface area (Å²) in [6, 6.07) is 14.2. The van der Waals surface area contributed by atoms with Crippen LogP contribution in [0.4, 0.5) is 5.69 Å². The lowest BCUT2D eigenvalue weighted by molar-refractivity contribution is -0.113. The van der Waals surface area contributed by atoms with Crippen molar-refractivity contribution in [3.05, 3.63) is 65.0 Å². The Morgan fingerprint density at radius 3 is 2.30 bits per heavy atom. The van der Waals surface area contributed by atoms with Crippen molar-refractivity contribution < 1.29 is 9.53 Å². The van der Waals surface area contributed by atoms with Crippen LogP contribution < -0.4 is 10.1 Å².